The number of carboxylic acid groups (broad SMARTS) is 1. The van der Waals surface area contributed by atoms with Crippen molar-refractivity contribution in [2.24, 2.45) is 0 Å². The number of methoxy groups -OCH3 is 1. The third kappa shape index (κ3) is 5.35. The summed E-state index contributed by atoms with van der Waals surface area (Å²) >= 11 is 0. The molecule has 0 unspecified atom stereocenters. The Labute approximate surface area is 122 Å². The second-order valence-electron chi connectivity index (χ2n) is 5.06. The first kappa shape index (κ1) is 16.8. The quantitative estimate of drug-likeness (QED) is 0.788. The summed E-state index contributed by atoms with van der Waals surface area (Å²) in [7, 11) is 1.52. The molecule has 0 atom stereocenters. The fourth-order valence-corrected chi connectivity index (χ4v) is 1.45. The maximum atomic E-state index is 13.9. The molecular weight excluding hydrogens is 277 g/mol. The molecule has 0 saturated carbocycles. The minimum absolute atomic E-state index is 0.102. The van der Waals surface area contributed by atoms with E-state index in [1.165, 1.54) is 25.3 Å². The van der Waals surface area contributed by atoms with Gasteiger partial charge in [0.15, 0.2) is 0 Å². The number of ether oxygens (including phenoxy) is 1. The monoisotopic (exact) mass is 295 g/mol. The van der Waals surface area contributed by atoms with Crippen molar-refractivity contribution in [2.75, 3.05) is 13.7 Å². The molecule has 21 heavy (non-hydrogen) atoms. The van der Waals surface area contributed by atoms with E-state index in [1.807, 2.05) is 0 Å². The van der Waals surface area contributed by atoms with Gasteiger partial charge in [0.25, 0.3) is 5.91 Å². The Morgan fingerprint density at radius 2 is 2.10 bits per heavy atom. The molecule has 0 spiro atoms. The van der Waals surface area contributed by atoms with Crippen molar-refractivity contribution in [3.05, 3.63) is 41.2 Å². The van der Waals surface area contributed by atoms with Gasteiger partial charge >= 0.3 is 5.97 Å². The SMILES string of the molecule is COC(C)(C)CNC(=O)c1ccc(/C=C/C(=O)O)cc1F. The van der Waals surface area contributed by atoms with Gasteiger partial charge in [0.1, 0.15) is 5.82 Å². The van der Waals surface area contributed by atoms with Gasteiger partial charge < -0.3 is 15.2 Å². The van der Waals surface area contributed by atoms with Gasteiger partial charge in [-0.2, -0.15) is 0 Å². The molecule has 0 heterocycles. The molecule has 1 amide bonds. The highest BCUT2D eigenvalue weighted by Crippen LogP contribution is 2.13. The van der Waals surface area contributed by atoms with E-state index in [1.54, 1.807) is 13.8 Å². The van der Waals surface area contributed by atoms with Crippen molar-refractivity contribution in [1.82, 2.24) is 5.32 Å². The van der Waals surface area contributed by atoms with Gasteiger partial charge in [-0.15, -0.1) is 0 Å². The highest BCUT2D eigenvalue weighted by Gasteiger charge is 2.19. The van der Waals surface area contributed by atoms with E-state index in [9.17, 15) is 14.0 Å². The van der Waals surface area contributed by atoms with Gasteiger partial charge in [-0.3, -0.25) is 4.79 Å². The molecule has 0 saturated heterocycles. The molecule has 6 heteroatoms. The molecule has 0 fully saturated rings. The van der Waals surface area contributed by atoms with Gasteiger partial charge in [0.05, 0.1) is 11.2 Å². The van der Waals surface area contributed by atoms with Crippen LogP contribution in [0.15, 0.2) is 24.3 Å². The highest BCUT2D eigenvalue weighted by atomic mass is 19.1. The molecule has 0 aliphatic rings. The third-order valence-electron chi connectivity index (χ3n) is 2.88. The van der Waals surface area contributed by atoms with Crippen LogP contribution in [0.5, 0.6) is 0 Å². The molecule has 0 aliphatic heterocycles. The number of carboxylic acids is 1. The predicted octanol–water partition coefficient (Wildman–Crippen LogP) is 2.08. The Kier molecular flexibility index (Phi) is 5.60. The van der Waals surface area contributed by atoms with E-state index in [0.29, 0.717) is 5.56 Å². The molecule has 5 nitrogen and oxygen atoms in total. The molecule has 1 aromatic rings. The van der Waals surface area contributed by atoms with Crippen LogP contribution < -0.4 is 5.32 Å². The summed E-state index contributed by atoms with van der Waals surface area (Å²) in [6.45, 7) is 3.83. The van der Waals surface area contributed by atoms with Crippen LogP contribution in [0, 0.1) is 5.82 Å². The minimum Gasteiger partial charge on any atom is -0.478 e. The van der Waals surface area contributed by atoms with Crippen molar-refractivity contribution in [3.63, 3.8) is 0 Å². The van der Waals surface area contributed by atoms with Crippen LogP contribution in [0.3, 0.4) is 0 Å². The van der Waals surface area contributed by atoms with Gasteiger partial charge in [-0.1, -0.05) is 6.07 Å². The fourth-order valence-electron chi connectivity index (χ4n) is 1.45. The lowest BCUT2D eigenvalue weighted by Gasteiger charge is -2.23. The number of hydrogen-bond acceptors (Lipinski definition) is 3. The zero-order valence-corrected chi connectivity index (χ0v) is 12.1. The summed E-state index contributed by atoms with van der Waals surface area (Å²) in [6.07, 6.45) is 2.15. The van der Waals surface area contributed by atoms with Gasteiger partial charge in [-0.05, 0) is 37.6 Å². The predicted molar refractivity (Wildman–Crippen MR) is 76.5 cm³/mol. The summed E-state index contributed by atoms with van der Waals surface area (Å²) in [5.74, 6) is -2.39. The molecule has 0 radical (unpaired) electrons. The van der Waals surface area contributed by atoms with Crippen LogP contribution in [0.25, 0.3) is 6.08 Å². The summed E-state index contributed by atoms with van der Waals surface area (Å²) in [6, 6.07) is 3.89. The maximum Gasteiger partial charge on any atom is 0.328 e. The van der Waals surface area contributed by atoms with Crippen LogP contribution in [-0.4, -0.2) is 36.2 Å². The number of carbonyl (C=O) groups is 2. The topological polar surface area (TPSA) is 75.6 Å². The first-order chi connectivity index (χ1) is 9.75. The number of nitrogens with one attached hydrogen (secondary N) is 1. The lowest BCUT2D eigenvalue weighted by molar-refractivity contribution is -0.131. The van der Waals surface area contributed by atoms with Gasteiger partial charge in [0.2, 0.25) is 0 Å². The van der Waals surface area contributed by atoms with Gasteiger partial charge in [0, 0.05) is 19.7 Å². The fraction of sp³-hybridized carbons (Fsp3) is 0.333. The van der Waals surface area contributed by atoms with Crippen molar-refractivity contribution in [2.45, 2.75) is 19.4 Å². The molecule has 0 aromatic heterocycles. The number of benzene rings is 1. The number of rotatable bonds is 6. The summed E-state index contributed by atoms with van der Waals surface area (Å²) in [5.41, 5.74) is -0.283. The van der Waals surface area contributed by atoms with Crippen LogP contribution in [0.4, 0.5) is 4.39 Å². The molecular formula is C15H18FNO4. The minimum atomic E-state index is -1.13. The largest absolute Gasteiger partial charge is 0.478 e. The van der Waals surface area contributed by atoms with E-state index >= 15 is 0 Å². The molecule has 1 rings (SSSR count). The molecule has 0 aliphatic carbocycles. The average Bonchev–Trinajstić information content (AvgIpc) is 2.42. The first-order valence-electron chi connectivity index (χ1n) is 6.29. The Morgan fingerprint density at radius 1 is 1.43 bits per heavy atom. The average molecular weight is 295 g/mol. The summed E-state index contributed by atoms with van der Waals surface area (Å²) < 4.78 is 19.0. The van der Waals surface area contributed by atoms with Crippen LogP contribution in [0.1, 0.15) is 29.8 Å². The lowest BCUT2D eigenvalue weighted by Crippen LogP contribution is -2.40. The van der Waals surface area contributed by atoms with E-state index in [-0.39, 0.29) is 12.1 Å². The second kappa shape index (κ2) is 6.99. The Morgan fingerprint density at radius 3 is 2.62 bits per heavy atom. The van der Waals surface area contributed by atoms with Crippen molar-refractivity contribution < 1.29 is 23.8 Å². The van der Waals surface area contributed by atoms with E-state index in [4.69, 9.17) is 9.84 Å². The van der Waals surface area contributed by atoms with E-state index in [0.717, 1.165) is 12.1 Å². The first-order valence-corrected chi connectivity index (χ1v) is 6.29. The van der Waals surface area contributed by atoms with Crippen molar-refractivity contribution >= 4 is 18.0 Å². The number of halogens is 1. The van der Waals surface area contributed by atoms with Gasteiger partial charge in [-0.25, -0.2) is 9.18 Å². The number of amides is 1. The molecule has 114 valence electrons. The zero-order valence-electron chi connectivity index (χ0n) is 12.1. The Bertz CT molecular complexity index is 567. The van der Waals surface area contributed by atoms with E-state index < -0.39 is 23.3 Å². The third-order valence-corrected chi connectivity index (χ3v) is 2.88. The number of carbonyl (C=O) groups excluding carboxylic acids is 1. The van der Waals surface area contributed by atoms with Crippen LogP contribution >= 0.6 is 0 Å². The van der Waals surface area contributed by atoms with Crippen molar-refractivity contribution in [3.8, 4) is 0 Å². The standard InChI is InChI=1S/C15H18FNO4/c1-15(2,21-3)9-17-14(20)11-6-4-10(8-12(11)16)5-7-13(18)19/h4-8H,9H2,1-3H3,(H,17,20)(H,18,19)/b7-5+. The normalized spacial score (nSPS) is 11.6. The van der Waals surface area contributed by atoms with Crippen LogP contribution in [-0.2, 0) is 9.53 Å². The highest BCUT2D eigenvalue weighted by molar-refractivity contribution is 5.95. The summed E-state index contributed by atoms with van der Waals surface area (Å²) in [5, 5.41) is 11.1. The Balaban J connectivity index is 2.80. The lowest BCUT2D eigenvalue weighted by atomic mass is 10.1. The molecule has 2 N–H and O–H groups in total. The zero-order chi connectivity index (χ0) is 16.0. The van der Waals surface area contributed by atoms with Crippen molar-refractivity contribution in [1.29, 1.82) is 0 Å². The Hall–Kier alpha value is -2.21. The number of hydrogen-bond donors (Lipinski definition) is 2. The smallest absolute Gasteiger partial charge is 0.328 e. The molecule has 1 aromatic carbocycles. The molecule has 0 bridgehead atoms. The maximum absolute atomic E-state index is 13.9. The van der Waals surface area contributed by atoms with Crippen LogP contribution in [0.2, 0.25) is 0 Å². The van der Waals surface area contributed by atoms with E-state index in [2.05, 4.69) is 5.32 Å². The second-order valence-corrected chi connectivity index (χ2v) is 5.06. The number of aliphatic carboxylic acids is 1. The summed E-state index contributed by atoms with van der Waals surface area (Å²) in [4.78, 5) is 22.3.